The molecule has 3 nitrogen and oxygen atoms in total. The first-order valence-corrected chi connectivity index (χ1v) is 5.33. The van der Waals surface area contributed by atoms with Crippen molar-refractivity contribution in [2.75, 3.05) is 6.54 Å². The first-order valence-electron chi connectivity index (χ1n) is 5.33. The zero-order chi connectivity index (χ0) is 10.5. The number of hydrogen-bond donors (Lipinski definition) is 2. The lowest BCUT2D eigenvalue weighted by molar-refractivity contribution is -0.123. The number of rotatable bonds is 0. The van der Waals surface area contributed by atoms with Gasteiger partial charge in [0.25, 0.3) is 0 Å². The topological polar surface area (TPSA) is 49.3 Å². The standard InChI is InChI=1S/C12H13NO2/c14-9-2-1-8-3-4-12(10(8)7-9)5-6-13-11(12)15/h1-2,7,14H,3-6H2,(H,13,15). The van der Waals surface area contributed by atoms with Crippen LogP contribution in [0.4, 0.5) is 0 Å². The number of nitrogens with one attached hydrogen (secondary N) is 1. The summed E-state index contributed by atoms with van der Waals surface area (Å²) in [4.78, 5) is 11.9. The summed E-state index contributed by atoms with van der Waals surface area (Å²) in [7, 11) is 0. The maximum Gasteiger partial charge on any atom is 0.230 e. The Hall–Kier alpha value is -1.51. The predicted molar refractivity (Wildman–Crippen MR) is 55.7 cm³/mol. The van der Waals surface area contributed by atoms with E-state index in [4.69, 9.17) is 0 Å². The van der Waals surface area contributed by atoms with Crippen LogP contribution in [-0.2, 0) is 16.6 Å². The number of fused-ring (bicyclic) bond motifs is 2. The van der Waals surface area contributed by atoms with Gasteiger partial charge in [0.2, 0.25) is 5.91 Å². The molecular formula is C12H13NO2. The first kappa shape index (κ1) is 8.77. The van der Waals surface area contributed by atoms with E-state index < -0.39 is 0 Å². The van der Waals surface area contributed by atoms with Crippen LogP contribution >= 0.6 is 0 Å². The number of hydrogen-bond acceptors (Lipinski definition) is 2. The molecule has 1 saturated heterocycles. The Bertz CT molecular complexity index is 441. The van der Waals surface area contributed by atoms with E-state index in [1.54, 1.807) is 12.1 Å². The summed E-state index contributed by atoms with van der Waals surface area (Å²) >= 11 is 0. The molecule has 1 amide bonds. The molecule has 1 atom stereocenters. The van der Waals surface area contributed by atoms with Gasteiger partial charge in [0, 0.05) is 6.54 Å². The molecule has 78 valence electrons. The summed E-state index contributed by atoms with van der Waals surface area (Å²) in [5.41, 5.74) is 1.91. The molecule has 2 N–H and O–H groups in total. The number of carbonyl (C=O) groups excluding carboxylic acids is 1. The summed E-state index contributed by atoms with van der Waals surface area (Å²) < 4.78 is 0. The summed E-state index contributed by atoms with van der Waals surface area (Å²) in [6.07, 6.45) is 2.70. The Morgan fingerprint density at radius 3 is 2.93 bits per heavy atom. The highest BCUT2D eigenvalue weighted by Crippen LogP contribution is 2.44. The van der Waals surface area contributed by atoms with Crippen molar-refractivity contribution in [3.05, 3.63) is 29.3 Å². The zero-order valence-electron chi connectivity index (χ0n) is 8.42. The predicted octanol–water partition coefficient (Wildman–Crippen LogP) is 1.10. The van der Waals surface area contributed by atoms with E-state index in [2.05, 4.69) is 5.32 Å². The normalized spacial score (nSPS) is 28.1. The minimum atomic E-state index is -0.339. The summed E-state index contributed by atoms with van der Waals surface area (Å²) in [5, 5.41) is 12.4. The van der Waals surface area contributed by atoms with Gasteiger partial charge in [0.1, 0.15) is 5.75 Å². The second kappa shape index (κ2) is 2.75. The highest BCUT2D eigenvalue weighted by atomic mass is 16.3. The summed E-state index contributed by atoms with van der Waals surface area (Å²) in [5.74, 6) is 0.390. The van der Waals surface area contributed by atoms with Crippen molar-refractivity contribution in [2.45, 2.75) is 24.7 Å². The Labute approximate surface area is 88.1 Å². The Balaban J connectivity index is 2.18. The van der Waals surface area contributed by atoms with Gasteiger partial charge >= 0.3 is 0 Å². The van der Waals surface area contributed by atoms with Crippen LogP contribution in [0, 0.1) is 0 Å². The van der Waals surface area contributed by atoms with Gasteiger partial charge in [-0.1, -0.05) is 6.07 Å². The third-order valence-electron chi connectivity index (χ3n) is 3.70. The summed E-state index contributed by atoms with van der Waals surface area (Å²) in [6, 6.07) is 5.39. The SMILES string of the molecule is O=C1NCCC12CCc1ccc(O)cc12. The number of carbonyl (C=O) groups is 1. The Morgan fingerprint density at radius 2 is 2.20 bits per heavy atom. The fourth-order valence-electron chi connectivity index (χ4n) is 2.88. The van der Waals surface area contributed by atoms with Crippen LogP contribution in [0.2, 0.25) is 0 Å². The fraction of sp³-hybridized carbons (Fsp3) is 0.417. The highest BCUT2D eigenvalue weighted by Gasteiger charge is 2.47. The maximum absolute atomic E-state index is 11.9. The average molecular weight is 203 g/mol. The molecule has 1 fully saturated rings. The van der Waals surface area contributed by atoms with Gasteiger partial charge in [-0.05, 0) is 42.5 Å². The number of aryl methyl sites for hydroxylation is 1. The number of phenolic OH excluding ortho intramolecular Hbond substituents is 1. The molecule has 3 rings (SSSR count). The van der Waals surface area contributed by atoms with Crippen molar-refractivity contribution in [3.63, 3.8) is 0 Å². The molecule has 1 aromatic rings. The van der Waals surface area contributed by atoms with Crippen LogP contribution in [0.5, 0.6) is 5.75 Å². The van der Waals surface area contributed by atoms with Crippen LogP contribution in [0.3, 0.4) is 0 Å². The summed E-state index contributed by atoms with van der Waals surface area (Å²) in [6.45, 7) is 0.758. The number of amides is 1. The van der Waals surface area contributed by atoms with Crippen molar-refractivity contribution in [3.8, 4) is 5.75 Å². The minimum Gasteiger partial charge on any atom is -0.508 e. The lowest BCUT2D eigenvalue weighted by Crippen LogP contribution is -2.33. The van der Waals surface area contributed by atoms with Crippen LogP contribution in [0.25, 0.3) is 0 Å². The molecule has 1 spiro atoms. The minimum absolute atomic E-state index is 0.131. The van der Waals surface area contributed by atoms with Gasteiger partial charge in [-0.25, -0.2) is 0 Å². The molecule has 2 aliphatic rings. The van der Waals surface area contributed by atoms with Gasteiger partial charge < -0.3 is 10.4 Å². The molecule has 0 bridgehead atoms. The second-order valence-corrected chi connectivity index (χ2v) is 4.43. The molecule has 1 unspecified atom stereocenters. The second-order valence-electron chi connectivity index (χ2n) is 4.43. The molecule has 0 radical (unpaired) electrons. The van der Waals surface area contributed by atoms with Crippen molar-refractivity contribution < 1.29 is 9.90 Å². The van der Waals surface area contributed by atoms with Crippen molar-refractivity contribution in [1.82, 2.24) is 5.32 Å². The molecule has 1 heterocycles. The van der Waals surface area contributed by atoms with Gasteiger partial charge in [-0.2, -0.15) is 0 Å². The number of benzene rings is 1. The van der Waals surface area contributed by atoms with E-state index in [0.29, 0.717) is 0 Å². The Morgan fingerprint density at radius 1 is 1.33 bits per heavy atom. The monoisotopic (exact) mass is 203 g/mol. The first-order chi connectivity index (χ1) is 7.22. The third kappa shape index (κ3) is 1.03. The van der Waals surface area contributed by atoms with Crippen LogP contribution in [0.1, 0.15) is 24.0 Å². The van der Waals surface area contributed by atoms with E-state index in [1.165, 1.54) is 5.56 Å². The average Bonchev–Trinajstić information content (AvgIpc) is 2.75. The van der Waals surface area contributed by atoms with Gasteiger partial charge in [0.15, 0.2) is 0 Å². The van der Waals surface area contributed by atoms with Crippen molar-refractivity contribution in [1.29, 1.82) is 0 Å². The van der Waals surface area contributed by atoms with E-state index in [1.807, 2.05) is 6.07 Å². The lowest BCUT2D eigenvalue weighted by atomic mass is 9.80. The van der Waals surface area contributed by atoms with E-state index in [9.17, 15) is 9.90 Å². The molecule has 15 heavy (non-hydrogen) atoms. The van der Waals surface area contributed by atoms with E-state index in [0.717, 1.165) is 31.4 Å². The highest BCUT2D eigenvalue weighted by molar-refractivity contribution is 5.91. The van der Waals surface area contributed by atoms with E-state index >= 15 is 0 Å². The molecular weight excluding hydrogens is 190 g/mol. The molecule has 3 heteroatoms. The van der Waals surface area contributed by atoms with Gasteiger partial charge in [-0.15, -0.1) is 0 Å². The molecule has 1 aromatic carbocycles. The lowest BCUT2D eigenvalue weighted by Gasteiger charge is -2.20. The smallest absolute Gasteiger partial charge is 0.230 e. The number of phenols is 1. The molecule has 1 aliphatic heterocycles. The van der Waals surface area contributed by atoms with Gasteiger partial charge in [-0.3, -0.25) is 4.79 Å². The quantitative estimate of drug-likeness (QED) is 0.663. The maximum atomic E-state index is 11.9. The Kier molecular flexibility index (Phi) is 1.61. The van der Waals surface area contributed by atoms with Crippen LogP contribution in [-0.4, -0.2) is 17.6 Å². The molecule has 0 aromatic heterocycles. The zero-order valence-corrected chi connectivity index (χ0v) is 8.42. The molecule has 1 aliphatic carbocycles. The fourth-order valence-corrected chi connectivity index (χ4v) is 2.88. The number of aromatic hydroxyl groups is 1. The third-order valence-corrected chi connectivity index (χ3v) is 3.70. The van der Waals surface area contributed by atoms with Gasteiger partial charge in [0.05, 0.1) is 5.41 Å². The van der Waals surface area contributed by atoms with Crippen LogP contribution in [0.15, 0.2) is 18.2 Å². The van der Waals surface area contributed by atoms with Crippen molar-refractivity contribution in [2.24, 2.45) is 0 Å². The molecule has 0 saturated carbocycles. The van der Waals surface area contributed by atoms with Crippen molar-refractivity contribution >= 4 is 5.91 Å². The largest absolute Gasteiger partial charge is 0.508 e. The van der Waals surface area contributed by atoms with Crippen LogP contribution < -0.4 is 5.32 Å². The van der Waals surface area contributed by atoms with E-state index in [-0.39, 0.29) is 17.1 Å².